The molecule has 7 nitrogen and oxygen atoms in total. The van der Waals surface area contributed by atoms with Crippen LogP contribution in [0.1, 0.15) is 26.7 Å². The van der Waals surface area contributed by atoms with Gasteiger partial charge in [0.15, 0.2) is 0 Å². The molecule has 0 spiro atoms. The lowest BCUT2D eigenvalue weighted by Gasteiger charge is -2.38. The fraction of sp³-hybridized carbons (Fsp3) is 0.929. The molecule has 2 unspecified atom stereocenters. The van der Waals surface area contributed by atoms with Crippen molar-refractivity contribution < 1.29 is 14.6 Å². The Hall–Kier alpha value is -0.730. The van der Waals surface area contributed by atoms with E-state index < -0.39 is 11.7 Å². The Morgan fingerprint density at radius 1 is 1.29 bits per heavy atom. The van der Waals surface area contributed by atoms with Gasteiger partial charge in [-0.15, -0.1) is 0 Å². The zero-order valence-electron chi connectivity index (χ0n) is 13.0. The maximum atomic E-state index is 11.4. The Morgan fingerprint density at radius 3 is 2.48 bits per heavy atom. The van der Waals surface area contributed by atoms with Crippen LogP contribution in [-0.4, -0.2) is 77.9 Å². The molecule has 21 heavy (non-hydrogen) atoms. The first kappa shape index (κ1) is 16.6. The average molecular weight is 300 g/mol. The third-order valence-corrected chi connectivity index (χ3v) is 4.08. The molecule has 0 aliphatic carbocycles. The van der Waals surface area contributed by atoms with Gasteiger partial charge in [-0.05, 0) is 26.7 Å². The third kappa shape index (κ3) is 5.19. The number of amides is 1. The number of carbonyl (C=O) groups is 1. The van der Waals surface area contributed by atoms with Crippen molar-refractivity contribution in [1.29, 1.82) is 0 Å². The van der Waals surface area contributed by atoms with E-state index >= 15 is 0 Å². The van der Waals surface area contributed by atoms with Crippen molar-refractivity contribution in [2.24, 2.45) is 5.84 Å². The molecule has 0 aromatic carbocycles. The van der Waals surface area contributed by atoms with Crippen LogP contribution in [0.2, 0.25) is 0 Å². The molecule has 122 valence electrons. The van der Waals surface area contributed by atoms with Crippen LogP contribution >= 0.6 is 0 Å². The van der Waals surface area contributed by atoms with E-state index in [1.807, 2.05) is 13.8 Å². The maximum Gasteiger partial charge on any atom is 0.263 e. The zero-order chi connectivity index (χ0) is 15.5. The minimum absolute atomic E-state index is 0.119. The standard InChI is InChI=1S/C14H28N4O3/c1-14(2,20)10-18-7-5-17(6-8-18)9-11-3-4-12(21-11)13(19)16-15/h11-12,20H,3-10,15H2,1-2H3,(H,16,19). The summed E-state index contributed by atoms with van der Waals surface area (Å²) in [6, 6.07) is 0. The Labute approximate surface area is 126 Å². The van der Waals surface area contributed by atoms with Gasteiger partial charge < -0.3 is 9.84 Å². The largest absolute Gasteiger partial charge is 0.389 e. The fourth-order valence-electron chi connectivity index (χ4n) is 3.09. The second kappa shape index (κ2) is 7.02. The van der Waals surface area contributed by atoms with Gasteiger partial charge in [0, 0.05) is 39.3 Å². The number of carbonyl (C=O) groups excluding carboxylic acids is 1. The molecule has 4 N–H and O–H groups in total. The molecule has 0 bridgehead atoms. The molecule has 7 heteroatoms. The van der Waals surface area contributed by atoms with Crippen molar-refractivity contribution in [3.05, 3.63) is 0 Å². The second-order valence-corrected chi connectivity index (χ2v) is 6.72. The Kier molecular flexibility index (Phi) is 5.56. The first-order valence-corrected chi connectivity index (χ1v) is 7.70. The number of β-amino-alcohol motifs (C(OH)–C–C–N with tert-alkyl or cyclic N) is 1. The predicted molar refractivity (Wildman–Crippen MR) is 79.4 cm³/mol. The molecule has 1 amide bonds. The first-order valence-electron chi connectivity index (χ1n) is 7.70. The van der Waals surface area contributed by atoms with Crippen LogP contribution in [0.4, 0.5) is 0 Å². The van der Waals surface area contributed by atoms with Crippen molar-refractivity contribution in [2.75, 3.05) is 39.3 Å². The van der Waals surface area contributed by atoms with Crippen LogP contribution < -0.4 is 11.3 Å². The predicted octanol–water partition coefficient (Wildman–Crippen LogP) is -1.09. The Morgan fingerprint density at radius 2 is 1.90 bits per heavy atom. The van der Waals surface area contributed by atoms with Crippen molar-refractivity contribution >= 4 is 5.91 Å². The van der Waals surface area contributed by atoms with Crippen molar-refractivity contribution in [3.8, 4) is 0 Å². The van der Waals surface area contributed by atoms with Crippen LogP contribution in [0, 0.1) is 0 Å². The first-order chi connectivity index (χ1) is 9.87. The maximum absolute atomic E-state index is 11.4. The van der Waals surface area contributed by atoms with E-state index in [0.717, 1.165) is 45.6 Å². The Bertz CT molecular complexity index is 351. The summed E-state index contributed by atoms with van der Waals surface area (Å²) in [6.45, 7) is 9.13. The van der Waals surface area contributed by atoms with Crippen LogP contribution in [0.5, 0.6) is 0 Å². The molecule has 0 aromatic heterocycles. The van der Waals surface area contributed by atoms with Gasteiger partial charge in [-0.25, -0.2) is 5.84 Å². The third-order valence-electron chi connectivity index (χ3n) is 4.08. The lowest BCUT2D eigenvalue weighted by Crippen LogP contribution is -2.51. The summed E-state index contributed by atoms with van der Waals surface area (Å²) < 4.78 is 5.74. The van der Waals surface area contributed by atoms with Crippen LogP contribution in [0.3, 0.4) is 0 Å². The number of hydrogen-bond acceptors (Lipinski definition) is 6. The zero-order valence-corrected chi connectivity index (χ0v) is 13.0. The van der Waals surface area contributed by atoms with Crippen LogP contribution in [0.15, 0.2) is 0 Å². The van der Waals surface area contributed by atoms with Crippen LogP contribution in [0.25, 0.3) is 0 Å². The fourth-order valence-corrected chi connectivity index (χ4v) is 3.09. The highest BCUT2D eigenvalue weighted by molar-refractivity contribution is 5.80. The number of hydrogen-bond donors (Lipinski definition) is 3. The van der Waals surface area contributed by atoms with Gasteiger partial charge in [-0.3, -0.25) is 20.0 Å². The second-order valence-electron chi connectivity index (χ2n) is 6.72. The van der Waals surface area contributed by atoms with Crippen molar-refractivity contribution in [2.45, 2.75) is 44.5 Å². The average Bonchev–Trinajstić information content (AvgIpc) is 2.87. The Balaban J connectivity index is 1.69. The van der Waals surface area contributed by atoms with Gasteiger partial charge in [0.1, 0.15) is 6.10 Å². The van der Waals surface area contributed by atoms with Gasteiger partial charge in [0.2, 0.25) is 0 Å². The number of ether oxygens (including phenoxy) is 1. The van der Waals surface area contributed by atoms with Gasteiger partial charge in [-0.2, -0.15) is 0 Å². The molecule has 2 rings (SSSR count). The number of hydrazine groups is 1. The van der Waals surface area contributed by atoms with E-state index in [0.29, 0.717) is 6.54 Å². The summed E-state index contributed by atoms with van der Waals surface area (Å²) in [5.41, 5.74) is 1.51. The van der Waals surface area contributed by atoms with E-state index in [1.165, 1.54) is 0 Å². The highest BCUT2D eigenvalue weighted by atomic mass is 16.5. The number of aliphatic hydroxyl groups is 1. The van der Waals surface area contributed by atoms with Gasteiger partial charge in [0.05, 0.1) is 11.7 Å². The lowest BCUT2D eigenvalue weighted by atomic mass is 10.1. The van der Waals surface area contributed by atoms with Gasteiger partial charge in [-0.1, -0.05) is 0 Å². The summed E-state index contributed by atoms with van der Waals surface area (Å²) in [5.74, 6) is 4.90. The molecule has 2 atom stereocenters. The normalized spacial score (nSPS) is 28.8. The molecule has 2 fully saturated rings. The highest BCUT2D eigenvalue weighted by Gasteiger charge is 2.32. The summed E-state index contributed by atoms with van der Waals surface area (Å²) in [7, 11) is 0. The molecule has 2 saturated heterocycles. The molecule has 0 saturated carbocycles. The highest BCUT2D eigenvalue weighted by Crippen LogP contribution is 2.21. The van der Waals surface area contributed by atoms with E-state index in [9.17, 15) is 9.90 Å². The molecule has 0 aromatic rings. The topological polar surface area (TPSA) is 91.1 Å². The number of nitrogens with zero attached hydrogens (tertiary/aromatic N) is 2. The number of piperazine rings is 1. The quantitative estimate of drug-likeness (QED) is 0.340. The van der Waals surface area contributed by atoms with E-state index in [1.54, 1.807) is 0 Å². The van der Waals surface area contributed by atoms with E-state index in [2.05, 4.69) is 15.2 Å². The van der Waals surface area contributed by atoms with Gasteiger partial charge >= 0.3 is 0 Å². The molecule has 2 heterocycles. The molecular weight excluding hydrogens is 272 g/mol. The SMILES string of the molecule is CC(C)(O)CN1CCN(CC2CCC(C(=O)NN)O2)CC1. The summed E-state index contributed by atoms with van der Waals surface area (Å²) in [6.07, 6.45) is 1.37. The van der Waals surface area contributed by atoms with E-state index in [-0.39, 0.29) is 12.0 Å². The summed E-state index contributed by atoms with van der Waals surface area (Å²) >= 11 is 0. The smallest absolute Gasteiger partial charge is 0.263 e. The van der Waals surface area contributed by atoms with Crippen molar-refractivity contribution in [1.82, 2.24) is 15.2 Å². The number of rotatable bonds is 5. The molecular formula is C14H28N4O3. The molecule has 2 aliphatic rings. The summed E-state index contributed by atoms with van der Waals surface area (Å²) in [5, 5.41) is 9.85. The molecule has 0 radical (unpaired) electrons. The van der Waals surface area contributed by atoms with Gasteiger partial charge in [0.25, 0.3) is 5.91 Å². The number of nitrogens with one attached hydrogen (secondary N) is 1. The molecule has 2 aliphatic heterocycles. The lowest BCUT2D eigenvalue weighted by molar-refractivity contribution is -0.132. The minimum atomic E-state index is -0.639. The van der Waals surface area contributed by atoms with Crippen LogP contribution in [-0.2, 0) is 9.53 Å². The minimum Gasteiger partial charge on any atom is -0.389 e. The monoisotopic (exact) mass is 300 g/mol. The number of nitrogens with two attached hydrogens (primary N) is 1. The van der Waals surface area contributed by atoms with Crippen molar-refractivity contribution in [3.63, 3.8) is 0 Å². The summed E-state index contributed by atoms with van der Waals surface area (Å²) in [4.78, 5) is 16.1. The van der Waals surface area contributed by atoms with E-state index in [4.69, 9.17) is 10.6 Å².